The van der Waals surface area contributed by atoms with E-state index >= 15 is 0 Å². The van der Waals surface area contributed by atoms with E-state index in [4.69, 9.17) is 11.6 Å². The standard InChI is InChI=1S/C13H10ClFN2/c14-13-12(11(15)3-4-17-13)8-1-2-9-6-16-7-10(9)5-8/h1-5,16H,6-7H2. The molecule has 1 aliphatic heterocycles. The van der Waals surface area contributed by atoms with Crippen molar-refractivity contribution in [3.05, 3.63) is 52.6 Å². The van der Waals surface area contributed by atoms with E-state index in [9.17, 15) is 4.39 Å². The van der Waals surface area contributed by atoms with Crippen molar-refractivity contribution < 1.29 is 4.39 Å². The molecular formula is C13H10ClFN2. The molecule has 1 aliphatic rings. The van der Waals surface area contributed by atoms with Gasteiger partial charge in [0.1, 0.15) is 11.0 Å². The van der Waals surface area contributed by atoms with E-state index in [0.29, 0.717) is 5.56 Å². The van der Waals surface area contributed by atoms with E-state index in [1.165, 1.54) is 23.4 Å². The molecule has 0 saturated heterocycles. The molecule has 1 aromatic carbocycles. The van der Waals surface area contributed by atoms with Crippen LogP contribution in [0.3, 0.4) is 0 Å². The van der Waals surface area contributed by atoms with E-state index in [1.54, 1.807) is 0 Å². The highest BCUT2D eigenvalue weighted by atomic mass is 35.5. The van der Waals surface area contributed by atoms with Crippen molar-refractivity contribution in [1.29, 1.82) is 0 Å². The molecule has 2 nitrogen and oxygen atoms in total. The van der Waals surface area contributed by atoms with E-state index in [1.807, 2.05) is 18.2 Å². The van der Waals surface area contributed by atoms with Crippen LogP contribution in [0.15, 0.2) is 30.5 Å². The van der Waals surface area contributed by atoms with Crippen LogP contribution in [-0.4, -0.2) is 4.98 Å². The number of fused-ring (bicyclic) bond motifs is 1. The summed E-state index contributed by atoms with van der Waals surface area (Å²) in [6.45, 7) is 1.70. The minimum atomic E-state index is -0.337. The molecule has 0 unspecified atom stereocenters. The Hall–Kier alpha value is -1.45. The molecule has 2 aromatic rings. The van der Waals surface area contributed by atoms with Crippen LogP contribution >= 0.6 is 11.6 Å². The molecule has 17 heavy (non-hydrogen) atoms. The molecule has 3 rings (SSSR count). The first kappa shape index (κ1) is 10.7. The highest BCUT2D eigenvalue weighted by Crippen LogP contribution is 2.31. The Bertz CT molecular complexity index is 563. The topological polar surface area (TPSA) is 24.9 Å². The Morgan fingerprint density at radius 2 is 2.00 bits per heavy atom. The summed E-state index contributed by atoms with van der Waals surface area (Å²) in [6.07, 6.45) is 1.37. The van der Waals surface area contributed by atoms with Crippen LogP contribution in [0.25, 0.3) is 11.1 Å². The molecule has 86 valence electrons. The minimum Gasteiger partial charge on any atom is -0.309 e. The molecule has 1 aromatic heterocycles. The van der Waals surface area contributed by atoms with Crippen molar-refractivity contribution in [1.82, 2.24) is 10.3 Å². The SMILES string of the molecule is Fc1ccnc(Cl)c1-c1ccc2c(c1)CNC2. The first-order chi connectivity index (χ1) is 8.25. The summed E-state index contributed by atoms with van der Waals surface area (Å²) in [5.74, 6) is -0.337. The number of pyridine rings is 1. The number of aromatic nitrogens is 1. The lowest BCUT2D eigenvalue weighted by molar-refractivity contribution is 0.629. The number of benzene rings is 1. The summed E-state index contributed by atoms with van der Waals surface area (Å²) in [5.41, 5.74) is 3.61. The fourth-order valence-corrected chi connectivity index (χ4v) is 2.38. The average molecular weight is 249 g/mol. The molecule has 0 amide bonds. The summed E-state index contributed by atoms with van der Waals surface area (Å²) >= 11 is 5.95. The molecule has 0 atom stereocenters. The number of hydrogen-bond acceptors (Lipinski definition) is 2. The highest BCUT2D eigenvalue weighted by molar-refractivity contribution is 6.32. The Morgan fingerprint density at radius 3 is 2.82 bits per heavy atom. The van der Waals surface area contributed by atoms with E-state index in [2.05, 4.69) is 10.3 Å². The van der Waals surface area contributed by atoms with E-state index in [0.717, 1.165) is 18.7 Å². The Morgan fingerprint density at radius 1 is 1.18 bits per heavy atom. The molecule has 0 bridgehead atoms. The highest BCUT2D eigenvalue weighted by Gasteiger charge is 2.15. The van der Waals surface area contributed by atoms with Gasteiger partial charge in [0.05, 0.1) is 5.56 Å². The number of nitrogens with one attached hydrogen (secondary N) is 1. The number of nitrogens with zero attached hydrogens (tertiary/aromatic N) is 1. The Balaban J connectivity index is 2.16. The van der Waals surface area contributed by atoms with Crippen molar-refractivity contribution in [2.24, 2.45) is 0 Å². The lowest BCUT2D eigenvalue weighted by Gasteiger charge is -2.07. The van der Waals surface area contributed by atoms with Crippen LogP contribution in [0.5, 0.6) is 0 Å². The predicted molar refractivity (Wildman–Crippen MR) is 65.2 cm³/mol. The second-order valence-corrected chi connectivity index (χ2v) is 4.40. The molecule has 2 heterocycles. The van der Waals surface area contributed by atoms with Crippen LogP contribution < -0.4 is 5.32 Å². The van der Waals surface area contributed by atoms with Gasteiger partial charge in [0.15, 0.2) is 0 Å². The van der Waals surface area contributed by atoms with Gasteiger partial charge < -0.3 is 5.32 Å². The lowest BCUT2D eigenvalue weighted by Crippen LogP contribution is -1.99. The normalized spacial score (nSPS) is 13.8. The predicted octanol–water partition coefficient (Wildman–Crippen LogP) is 3.14. The van der Waals surface area contributed by atoms with Crippen LogP contribution in [0.4, 0.5) is 4.39 Å². The minimum absolute atomic E-state index is 0.205. The zero-order valence-corrected chi connectivity index (χ0v) is 9.76. The van der Waals surface area contributed by atoms with E-state index < -0.39 is 0 Å². The maximum absolute atomic E-state index is 13.7. The van der Waals surface area contributed by atoms with Gasteiger partial charge in [-0.15, -0.1) is 0 Å². The molecule has 0 aliphatic carbocycles. The Kier molecular flexibility index (Phi) is 2.57. The van der Waals surface area contributed by atoms with Gasteiger partial charge >= 0.3 is 0 Å². The van der Waals surface area contributed by atoms with Gasteiger partial charge in [-0.2, -0.15) is 0 Å². The monoisotopic (exact) mass is 248 g/mol. The molecule has 0 spiro atoms. The number of halogens is 2. The van der Waals surface area contributed by atoms with Crippen molar-refractivity contribution in [2.75, 3.05) is 0 Å². The number of rotatable bonds is 1. The third-order valence-corrected chi connectivity index (χ3v) is 3.27. The van der Waals surface area contributed by atoms with Gasteiger partial charge in [0, 0.05) is 19.3 Å². The molecule has 4 heteroatoms. The van der Waals surface area contributed by atoms with E-state index in [-0.39, 0.29) is 11.0 Å². The molecular weight excluding hydrogens is 239 g/mol. The van der Waals surface area contributed by atoms with Crippen LogP contribution in [-0.2, 0) is 13.1 Å². The summed E-state index contributed by atoms with van der Waals surface area (Å²) in [7, 11) is 0. The van der Waals surface area contributed by atoms with Gasteiger partial charge in [-0.3, -0.25) is 0 Å². The van der Waals surface area contributed by atoms with Gasteiger partial charge in [-0.25, -0.2) is 9.37 Å². The summed E-state index contributed by atoms with van der Waals surface area (Å²) in [6, 6.07) is 7.19. The van der Waals surface area contributed by atoms with Crippen LogP contribution in [0.2, 0.25) is 5.15 Å². The van der Waals surface area contributed by atoms with Crippen molar-refractivity contribution in [2.45, 2.75) is 13.1 Å². The maximum atomic E-state index is 13.7. The second kappa shape index (κ2) is 4.09. The Labute approximate surface area is 103 Å². The van der Waals surface area contributed by atoms with Crippen molar-refractivity contribution in [3.63, 3.8) is 0 Å². The third-order valence-electron chi connectivity index (χ3n) is 2.98. The quantitative estimate of drug-likeness (QED) is 0.785. The van der Waals surface area contributed by atoms with Gasteiger partial charge in [-0.05, 0) is 28.8 Å². The molecule has 0 saturated carbocycles. The van der Waals surface area contributed by atoms with Gasteiger partial charge in [-0.1, -0.05) is 23.7 Å². The molecule has 0 radical (unpaired) electrons. The number of hydrogen-bond donors (Lipinski definition) is 1. The zero-order chi connectivity index (χ0) is 11.8. The third kappa shape index (κ3) is 1.81. The first-order valence-corrected chi connectivity index (χ1v) is 5.76. The maximum Gasteiger partial charge on any atom is 0.139 e. The summed E-state index contributed by atoms with van der Waals surface area (Å²) < 4.78 is 13.7. The molecule has 1 N–H and O–H groups in total. The average Bonchev–Trinajstić information content (AvgIpc) is 2.76. The fraction of sp³-hybridized carbons (Fsp3) is 0.154. The first-order valence-electron chi connectivity index (χ1n) is 5.38. The van der Waals surface area contributed by atoms with Crippen molar-refractivity contribution in [3.8, 4) is 11.1 Å². The second-order valence-electron chi connectivity index (χ2n) is 4.05. The fourth-order valence-electron chi connectivity index (χ4n) is 2.12. The van der Waals surface area contributed by atoms with Gasteiger partial charge in [0.25, 0.3) is 0 Å². The summed E-state index contributed by atoms with van der Waals surface area (Å²) in [5, 5.41) is 3.46. The van der Waals surface area contributed by atoms with Gasteiger partial charge in [0.2, 0.25) is 0 Å². The van der Waals surface area contributed by atoms with Crippen molar-refractivity contribution >= 4 is 11.6 Å². The summed E-state index contributed by atoms with van der Waals surface area (Å²) in [4.78, 5) is 3.92. The smallest absolute Gasteiger partial charge is 0.139 e. The van der Waals surface area contributed by atoms with Crippen LogP contribution in [0.1, 0.15) is 11.1 Å². The zero-order valence-electron chi connectivity index (χ0n) is 9.00. The van der Waals surface area contributed by atoms with Crippen LogP contribution in [0, 0.1) is 5.82 Å². The largest absolute Gasteiger partial charge is 0.309 e. The lowest BCUT2D eigenvalue weighted by atomic mass is 10.0. The molecule has 0 fully saturated rings.